The van der Waals surface area contributed by atoms with Gasteiger partial charge in [-0.15, -0.1) is 0 Å². The van der Waals surface area contributed by atoms with E-state index >= 15 is 0 Å². The summed E-state index contributed by atoms with van der Waals surface area (Å²) in [7, 11) is 2.01. The quantitative estimate of drug-likeness (QED) is 0.395. The number of nitrogens with zero attached hydrogens (tertiary/aromatic N) is 5. The highest BCUT2D eigenvalue weighted by Gasteiger charge is 2.24. The lowest BCUT2D eigenvalue weighted by Crippen LogP contribution is -2.35. The summed E-state index contributed by atoms with van der Waals surface area (Å²) in [4.78, 5) is 9.02. The van der Waals surface area contributed by atoms with Crippen LogP contribution in [0.15, 0.2) is 36.7 Å². The first-order chi connectivity index (χ1) is 15.9. The zero-order valence-corrected chi connectivity index (χ0v) is 19.8. The van der Waals surface area contributed by atoms with Gasteiger partial charge in [-0.2, -0.15) is 10.1 Å². The molecule has 33 heavy (non-hydrogen) atoms. The van der Waals surface area contributed by atoms with Crippen molar-refractivity contribution in [2.24, 2.45) is 7.05 Å². The van der Waals surface area contributed by atoms with Crippen LogP contribution >= 0.6 is 11.6 Å². The molecule has 0 saturated heterocycles. The van der Waals surface area contributed by atoms with Crippen molar-refractivity contribution in [3.8, 4) is 5.82 Å². The monoisotopic (exact) mass is 465 g/mol. The number of aryl methyl sites for hydroxylation is 2. The van der Waals surface area contributed by atoms with Crippen LogP contribution in [0.3, 0.4) is 0 Å². The lowest BCUT2D eigenvalue weighted by molar-refractivity contribution is 0.148. The Hall–Kier alpha value is -2.94. The zero-order chi connectivity index (χ0) is 23.1. The Bertz CT molecular complexity index is 1310. The van der Waals surface area contributed by atoms with E-state index in [0.717, 1.165) is 57.8 Å². The third-order valence-corrected chi connectivity index (χ3v) is 7.06. The fourth-order valence-electron chi connectivity index (χ4n) is 4.48. The molecule has 0 unspecified atom stereocenters. The van der Waals surface area contributed by atoms with Gasteiger partial charge in [0.05, 0.1) is 16.8 Å². The van der Waals surface area contributed by atoms with E-state index < -0.39 is 0 Å². The van der Waals surface area contributed by atoms with Gasteiger partial charge in [0.25, 0.3) is 0 Å². The van der Waals surface area contributed by atoms with E-state index in [2.05, 4.69) is 30.3 Å². The largest absolute Gasteiger partial charge is 0.392 e. The molecule has 0 aliphatic heterocycles. The Morgan fingerprint density at radius 3 is 2.85 bits per heavy atom. The number of aliphatic hydroxyl groups is 1. The van der Waals surface area contributed by atoms with Gasteiger partial charge in [-0.25, -0.2) is 9.67 Å². The van der Waals surface area contributed by atoms with Crippen molar-refractivity contribution in [1.29, 1.82) is 0 Å². The Kier molecular flexibility index (Phi) is 5.82. The van der Waals surface area contributed by atoms with Crippen LogP contribution in [0.5, 0.6) is 0 Å². The highest BCUT2D eigenvalue weighted by molar-refractivity contribution is 6.36. The molecule has 8 nitrogen and oxygen atoms in total. The molecular formula is C24H28ClN7O. The van der Waals surface area contributed by atoms with Crippen LogP contribution in [-0.4, -0.2) is 41.6 Å². The van der Waals surface area contributed by atoms with Crippen LogP contribution in [0.2, 0.25) is 5.02 Å². The molecular weight excluding hydrogens is 438 g/mol. The van der Waals surface area contributed by atoms with Gasteiger partial charge in [-0.1, -0.05) is 11.6 Å². The second-order valence-corrected chi connectivity index (χ2v) is 9.10. The molecule has 3 heterocycles. The summed E-state index contributed by atoms with van der Waals surface area (Å²) in [5.74, 6) is 1.16. The van der Waals surface area contributed by atoms with Crippen molar-refractivity contribution in [2.75, 3.05) is 5.32 Å². The number of rotatable bonds is 6. The third-order valence-electron chi connectivity index (χ3n) is 6.58. The van der Waals surface area contributed by atoms with Crippen molar-refractivity contribution in [2.45, 2.75) is 51.8 Å². The van der Waals surface area contributed by atoms with Gasteiger partial charge in [0, 0.05) is 65.9 Å². The Labute approximate surface area is 197 Å². The van der Waals surface area contributed by atoms with Gasteiger partial charge in [-0.3, -0.25) is 0 Å². The van der Waals surface area contributed by atoms with Crippen molar-refractivity contribution in [3.63, 3.8) is 0 Å². The first kappa shape index (κ1) is 21.9. The van der Waals surface area contributed by atoms with Crippen LogP contribution in [0, 0.1) is 13.8 Å². The second kappa shape index (κ2) is 8.78. The molecule has 1 aliphatic carbocycles. The maximum atomic E-state index is 10.0. The van der Waals surface area contributed by atoms with Gasteiger partial charge >= 0.3 is 0 Å². The standard InChI is InChI=1S/C24H28ClN7O/c1-14-16(12-27-19-5-4-6-21(19)33)13-32(30-14)22-9-10-26-24(29-22)28-17-7-8-20-18(11-17)23(25)15(2)31(20)3/h7-11,13,19,21,27,33H,4-6,12H2,1-3H3,(H,26,28,29)/t19-,21-/m0/s1. The Morgan fingerprint density at radius 2 is 2.06 bits per heavy atom. The summed E-state index contributed by atoms with van der Waals surface area (Å²) >= 11 is 6.51. The number of benzene rings is 1. The van der Waals surface area contributed by atoms with Crippen LogP contribution in [-0.2, 0) is 13.6 Å². The smallest absolute Gasteiger partial charge is 0.229 e. The SMILES string of the molecule is Cc1nn(-c2ccnc(Nc3ccc4c(c3)c(Cl)c(C)n4C)n2)cc1CN[C@H]1CCC[C@@H]1O. The summed E-state index contributed by atoms with van der Waals surface area (Å²) in [5, 5.41) is 23.2. The third kappa shape index (κ3) is 4.21. The molecule has 172 valence electrons. The molecule has 0 radical (unpaired) electrons. The molecule has 1 aromatic carbocycles. The average Bonchev–Trinajstić information content (AvgIpc) is 3.46. The van der Waals surface area contributed by atoms with Gasteiger partial charge in [-0.05, 0) is 51.3 Å². The molecule has 4 aromatic rings. The zero-order valence-electron chi connectivity index (χ0n) is 19.0. The second-order valence-electron chi connectivity index (χ2n) is 8.72. The number of anilines is 2. The highest BCUT2D eigenvalue weighted by Crippen LogP contribution is 2.32. The summed E-state index contributed by atoms with van der Waals surface area (Å²) in [6.45, 7) is 4.66. The number of halogens is 1. The van der Waals surface area contributed by atoms with E-state index in [1.54, 1.807) is 10.9 Å². The van der Waals surface area contributed by atoms with Crippen molar-refractivity contribution >= 4 is 34.1 Å². The van der Waals surface area contributed by atoms with E-state index in [4.69, 9.17) is 11.6 Å². The maximum Gasteiger partial charge on any atom is 0.229 e. The molecule has 3 aromatic heterocycles. The molecule has 3 N–H and O–H groups in total. The van der Waals surface area contributed by atoms with E-state index in [-0.39, 0.29) is 12.1 Å². The molecule has 1 fully saturated rings. The lowest BCUT2D eigenvalue weighted by atomic mass is 10.2. The molecule has 2 atom stereocenters. The summed E-state index contributed by atoms with van der Waals surface area (Å²) < 4.78 is 3.85. The van der Waals surface area contributed by atoms with Gasteiger partial charge in [0.15, 0.2) is 5.82 Å². The minimum Gasteiger partial charge on any atom is -0.392 e. The van der Waals surface area contributed by atoms with E-state index in [1.165, 1.54) is 0 Å². The predicted octanol–water partition coefficient (Wildman–Crippen LogP) is 4.17. The molecule has 5 rings (SSSR count). The van der Waals surface area contributed by atoms with Crippen LogP contribution in [0.4, 0.5) is 11.6 Å². The Morgan fingerprint density at radius 1 is 1.21 bits per heavy atom. The van der Waals surface area contributed by atoms with E-state index in [9.17, 15) is 5.11 Å². The summed E-state index contributed by atoms with van der Waals surface area (Å²) in [6.07, 6.45) is 6.38. The van der Waals surface area contributed by atoms with Gasteiger partial charge < -0.3 is 20.3 Å². The van der Waals surface area contributed by atoms with Crippen molar-refractivity contribution in [1.82, 2.24) is 29.6 Å². The topological polar surface area (TPSA) is 92.8 Å². The van der Waals surface area contributed by atoms with E-state index in [1.807, 2.05) is 51.4 Å². The number of hydrogen-bond donors (Lipinski definition) is 3. The first-order valence-electron chi connectivity index (χ1n) is 11.2. The average molecular weight is 466 g/mol. The predicted molar refractivity (Wildman–Crippen MR) is 130 cm³/mol. The summed E-state index contributed by atoms with van der Waals surface area (Å²) in [6, 6.07) is 8.03. The maximum absolute atomic E-state index is 10.0. The molecule has 0 amide bonds. The van der Waals surface area contributed by atoms with Crippen molar-refractivity contribution < 1.29 is 5.11 Å². The van der Waals surface area contributed by atoms with Gasteiger partial charge in [0.1, 0.15) is 0 Å². The number of hydrogen-bond acceptors (Lipinski definition) is 6. The van der Waals surface area contributed by atoms with Crippen LogP contribution in [0.25, 0.3) is 16.7 Å². The van der Waals surface area contributed by atoms with Crippen molar-refractivity contribution in [3.05, 3.63) is 58.6 Å². The molecule has 1 aliphatic rings. The van der Waals surface area contributed by atoms with E-state index in [0.29, 0.717) is 18.3 Å². The Balaban J connectivity index is 1.34. The number of aromatic nitrogens is 5. The number of fused-ring (bicyclic) bond motifs is 1. The van der Waals surface area contributed by atoms with Crippen LogP contribution in [0.1, 0.15) is 36.2 Å². The molecule has 0 bridgehead atoms. The minimum absolute atomic E-state index is 0.154. The number of aliphatic hydroxyl groups excluding tert-OH is 1. The molecule has 9 heteroatoms. The van der Waals surface area contributed by atoms with Crippen LogP contribution < -0.4 is 10.6 Å². The minimum atomic E-state index is -0.259. The first-order valence-corrected chi connectivity index (χ1v) is 11.6. The molecule has 1 saturated carbocycles. The fraction of sp³-hybridized carbons (Fsp3) is 0.375. The van der Waals surface area contributed by atoms with Gasteiger partial charge in [0.2, 0.25) is 5.95 Å². The highest BCUT2D eigenvalue weighted by atomic mass is 35.5. The summed E-state index contributed by atoms with van der Waals surface area (Å²) in [5.41, 5.74) is 4.99. The molecule has 0 spiro atoms. The fourth-order valence-corrected chi connectivity index (χ4v) is 4.76. The normalized spacial score (nSPS) is 18.3. The number of nitrogens with one attached hydrogen (secondary N) is 2. The lowest BCUT2D eigenvalue weighted by Gasteiger charge is -2.15.